The maximum absolute atomic E-state index is 11.2. The molecule has 0 aromatic heterocycles. The predicted octanol–water partition coefficient (Wildman–Crippen LogP) is -6.66. The van der Waals surface area contributed by atoms with Crippen LogP contribution in [-0.4, -0.2) is 25.0 Å². The van der Waals surface area contributed by atoms with Gasteiger partial charge in [-0.25, -0.2) is 4.79 Å². The molecule has 1 aromatic rings. The molecule has 0 aliphatic heterocycles. The molecule has 0 saturated carbocycles. The fourth-order valence-corrected chi connectivity index (χ4v) is 1.45. The Hall–Kier alpha value is 0.270. The van der Waals surface area contributed by atoms with E-state index in [-0.39, 0.29) is 65.7 Å². The third-order valence-electron chi connectivity index (χ3n) is 2.03. The molecule has 1 aromatic carbocycles. The Morgan fingerprint density at radius 1 is 1.14 bits per heavy atom. The van der Waals surface area contributed by atoms with E-state index in [1.807, 2.05) is 6.07 Å². The monoisotopic (exact) mass is 347 g/mol. The molecule has 8 nitrogen and oxygen atoms in total. The van der Waals surface area contributed by atoms with Crippen LogP contribution in [0.2, 0.25) is 0 Å². The number of ketones is 1. The maximum atomic E-state index is 11.2. The van der Waals surface area contributed by atoms with Gasteiger partial charge in [-0.3, -0.25) is 4.79 Å². The summed E-state index contributed by atoms with van der Waals surface area (Å²) in [5.74, 6) is -0.770. The van der Waals surface area contributed by atoms with Crippen molar-refractivity contribution >= 4 is 19.7 Å². The third kappa shape index (κ3) is 12.8. The zero-order chi connectivity index (χ0) is 15.0. The van der Waals surface area contributed by atoms with Gasteiger partial charge < -0.3 is 28.9 Å². The van der Waals surface area contributed by atoms with Crippen LogP contribution in [0.25, 0.3) is 0 Å². The second-order valence-corrected chi connectivity index (χ2v) is 4.83. The number of hydrogen-bond donors (Lipinski definition) is 1. The van der Waals surface area contributed by atoms with Crippen LogP contribution in [-0.2, 0) is 25.2 Å². The van der Waals surface area contributed by atoms with E-state index in [1.165, 1.54) is 0 Å². The molecule has 0 fully saturated rings. The molecule has 0 aliphatic rings. The summed E-state index contributed by atoms with van der Waals surface area (Å²) in [5, 5.41) is 2.10. The van der Waals surface area contributed by atoms with Crippen LogP contribution in [0.4, 0.5) is 4.79 Å². The Balaban J connectivity index is 0. The van der Waals surface area contributed by atoms with Crippen molar-refractivity contribution in [1.82, 2.24) is 5.32 Å². The zero-order valence-electron chi connectivity index (χ0n) is 12.3. The number of ether oxygens (including phenoxy) is 1. The Labute approximate surface area is 171 Å². The van der Waals surface area contributed by atoms with Gasteiger partial charge in [0, 0.05) is 0 Å². The van der Waals surface area contributed by atoms with Crippen molar-refractivity contribution in [3.05, 3.63) is 35.9 Å². The van der Waals surface area contributed by atoms with E-state index >= 15 is 0 Å². The second kappa shape index (κ2) is 12.7. The summed E-state index contributed by atoms with van der Waals surface area (Å²) in [7, 11) is -5.18. The molecule has 11 heteroatoms. The minimum absolute atomic E-state index is 0. The van der Waals surface area contributed by atoms with Gasteiger partial charge in [0.05, 0.1) is 14.4 Å². The van der Waals surface area contributed by atoms with Crippen molar-refractivity contribution in [2.45, 2.75) is 6.61 Å². The first-order valence-corrected chi connectivity index (χ1v) is 6.96. The molecule has 110 valence electrons. The third-order valence-corrected chi connectivity index (χ3v) is 2.47. The molecule has 0 atom stereocenters. The molecule has 0 bridgehead atoms. The van der Waals surface area contributed by atoms with Crippen LogP contribution < -0.4 is 74.2 Å². The number of phosphoric ester groups is 1. The number of Topliss-reactive ketones (excluding diaryl/α,β-unsaturated/α-hetero) is 1. The number of phosphoric acid groups is 1. The predicted molar refractivity (Wildman–Crippen MR) is 63.2 cm³/mol. The van der Waals surface area contributed by atoms with Gasteiger partial charge in [0.25, 0.3) is 0 Å². The Bertz CT molecular complexity index is 508. The standard InChI is InChI=1S/C11H14NO7P.2Na/c13-10(8-19-20(15,16)17)6-12-11(14)18-7-9-4-2-1-3-5-9;;/h1-5H,6-8H2,(H,12,14)(H2,15,16,17);;/q;2*+1/p-2. The Morgan fingerprint density at radius 2 is 1.73 bits per heavy atom. The first kappa shape index (κ1) is 24.5. The summed E-state index contributed by atoms with van der Waals surface area (Å²) in [4.78, 5) is 42.5. The van der Waals surface area contributed by atoms with Gasteiger partial charge in [0.1, 0.15) is 13.2 Å². The van der Waals surface area contributed by atoms with E-state index in [9.17, 15) is 23.9 Å². The molecule has 22 heavy (non-hydrogen) atoms. The van der Waals surface area contributed by atoms with Crippen molar-refractivity contribution in [1.29, 1.82) is 0 Å². The number of nitrogens with one attached hydrogen (secondary N) is 1. The number of benzene rings is 1. The molecule has 0 radical (unpaired) electrons. The van der Waals surface area contributed by atoms with Crippen molar-refractivity contribution in [3.63, 3.8) is 0 Å². The SMILES string of the molecule is O=C(CNC(=O)OCc1ccccc1)COP(=O)([O-])[O-].[Na+].[Na+]. The van der Waals surface area contributed by atoms with E-state index in [1.54, 1.807) is 24.3 Å². The summed E-state index contributed by atoms with van der Waals surface area (Å²) in [5.41, 5.74) is 0.774. The van der Waals surface area contributed by atoms with Crippen molar-refractivity contribution in [2.24, 2.45) is 0 Å². The summed E-state index contributed by atoms with van der Waals surface area (Å²) in [6.45, 7) is -1.37. The normalized spacial score (nSPS) is 9.91. The van der Waals surface area contributed by atoms with Crippen LogP contribution in [0.3, 0.4) is 0 Å². The number of rotatable bonds is 7. The fraction of sp³-hybridized carbons (Fsp3) is 0.273. The summed E-state index contributed by atoms with van der Waals surface area (Å²) >= 11 is 0. The van der Waals surface area contributed by atoms with E-state index in [0.29, 0.717) is 0 Å². The van der Waals surface area contributed by atoms with Gasteiger partial charge in [0.15, 0.2) is 5.78 Å². The van der Waals surface area contributed by atoms with Crippen molar-refractivity contribution in [3.8, 4) is 0 Å². The molecule has 0 saturated heterocycles. The zero-order valence-corrected chi connectivity index (χ0v) is 17.2. The van der Waals surface area contributed by atoms with Gasteiger partial charge in [-0.15, -0.1) is 0 Å². The number of hydrogen-bond acceptors (Lipinski definition) is 7. The molecule has 1 rings (SSSR count). The molecular formula is C11H12NNa2O7P. The molecule has 0 spiro atoms. The molecule has 1 amide bonds. The van der Waals surface area contributed by atoms with Gasteiger partial charge in [0.2, 0.25) is 0 Å². The summed E-state index contributed by atoms with van der Waals surface area (Å²) in [6.07, 6.45) is -0.838. The Morgan fingerprint density at radius 3 is 2.27 bits per heavy atom. The average molecular weight is 347 g/mol. The van der Waals surface area contributed by atoms with E-state index < -0.39 is 32.9 Å². The first-order valence-electron chi connectivity index (χ1n) is 5.49. The van der Waals surface area contributed by atoms with Gasteiger partial charge in [-0.1, -0.05) is 30.3 Å². The van der Waals surface area contributed by atoms with E-state index in [2.05, 4.69) is 9.84 Å². The van der Waals surface area contributed by atoms with E-state index in [0.717, 1.165) is 5.56 Å². The molecule has 0 heterocycles. The van der Waals surface area contributed by atoms with Crippen LogP contribution in [0.15, 0.2) is 30.3 Å². The van der Waals surface area contributed by atoms with Gasteiger partial charge in [-0.2, -0.15) is 0 Å². The quantitative estimate of drug-likeness (QED) is 0.384. The second-order valence-electron chi connectivity index (χ2n) is 3.67. The van der Waals surface area contributed by atoms with Crippen LogP contribution in [0, 0.1) is 0 Å². The smallest absolute Gasteiger partial charge is 0.790 e. The average Bonchev–Trinajstić information content (AvgIpc) is 2.41. The van der Waals surface area contributed by atoms with Gasteiger partial charge >= 0.3 is 65.2 Å². The summed E-state index contributed by atoms with van der Waals surface area (Å²) in [6, 6.07) is 8.88. The van der Waals surface area contributed by atoms with Crippen molar-refractivity contribution < 1.29 is 92.3 Å². The molecule has 1 N–H and O–H groups in total. The van der Waals surface area contributed by atoms with Gasteiger partial charge in [-0.05, 0) is 5.56 Å². The van der Waals surface area contributed by atoms with Crippen LogP contribution in [0.1, 0.15) is 5.56 Å². The minimum atomic E-state index is -5.18. The Kier molecular flexibility index (Phi) is 14.1. The van der Waals surface area contributed by atoms with E-state index in [4.69, 9.17) is 4.74 Å². The number of alkyl carbamates (subject to hydrolysis) is 1. The molecule has 0 unspecified atom stereocenters. The van der Waals surface area contributed by atoms with Crippen LogP contribution >= 0.6 is 7.82 Å². The fourth-order valence-electron chi connectivity index (χ4n) is 1.15. The topological polar surface area (TPSA) is 128 Å². The summed E-state index contributed by atoms with van der Waals surface area (Å²) < 4.78 is 18.7. The molecular weight excluding hydrogens is 335 g/mol. The van der Waals surface area contributed by atoms with Crippen LogP contribution in [0.5, 0.6) is 0 Å². The maximum Gasteiger partial charge on any atom is 1.00 e. The number of amides is 1. The number of carbonyl (C=O) groups is 2. The molecule has 0 aliphatic carbocycles. The number of carbonyl (C=O) groups excluding carboxylic acids is 2. The van der Waals surface area contributed by atoms with Crippen molar-refractivity contribution in [2.75, 3.05) is 13.2 Å². The first-order chi connectivity index (χ1) is 9.37. The minimum Gasteiger partial charge on any atom is -0.790 e. The largest absolute Gasteiger partial charge is 1.00 e.